The fourth-order valence-corrected chi connectivity index (χ4v) is 2.30. The van der Waals surface area contributed by atoms with Gasteiger partial charge in [-0.2, -0.15) is 8.78 Å². The van der Waals surface area contributed by atoms with E-state index >= 15 is 0 Å². The summed E-state index contributed by atoms with van der Waals surface area (Å²) in [5, 5.41) is 1.67. The molecule has 0 unspecified atom stereocenters. The molecule has 25 heavy (non-hydrogen) atoms. The van der Waals surface area contributed by atoms with E-state index in [1.807, 2.05) is 0 Å². The van der Waals surface area contributed by atoms with E-state index in [9.17, 15) is 35.5 Å². The third kappa shape index (κ3) is 2.48. The van der Waals surface area contributed by atoms with Gasteiger partial charge in [0.25, 0.3) is 0 Å². The number of hydrogen-bond acceptors (Lipinski definition) is 2. The van der Waals surface area contributed by atoms with Crippen LogP contribution in [0.1, 0.15) is 5.56 Å². The zero-order chi connectivity index (χ0) is 18.7. The van der Waals surface area contributed by atoms with Crippen LogP contribution in [0.2, 0.25) is 0 Å². The molecule has 3 nitrogen and oxygen atoms in total. The number of alkyl halides is 2. The average molecular weight is 365 g/mol. The largest absolute Gasteiger partial charge is 0.482 e. The van der Waals surface area contributed by atoms with Gasteiger partial charge in [-0.25, -0.2) is 22.0 Å². The van der Waals surface area contributed by atoms with E-state index < -0.39 is 69.2 Å². The minimum Gasteiger partial charge on any atom is -0.423 e. The number of carbonyl (C=O) groups excluding carboxylic acids is 1. The third-order valence-corrected chi connectivity index (χ3v) is 3.57. The monoisotopic (exact) mass is 365 g/mol. The molecule has 10 heteroatoms. The Labute approximate surface area is 135 Å². The molecule has 3 rings (SSSR count). The molecular weight excluding hydrogens is 359 g/mol. The van der Waals surface area contributed by atoms with Gasteiger partial charge < -0.3 is 10.1 Å². The second-order valence-electron chi connectivity index (χ2n) is 5.16. The van der Waals surface area contributed by atoms with Crippen molar-refractivity contribution in [1.82, 2.24) is 0 Å². The average Bonchev–Trinajstić information content (AvgIpc) is 2.53. The molecule has 0 spiro atoms. The summed E-state index contributed by atoms with van der Waals surface area (Å²) >= 11 is 0. The summed E-state index contributed by atoms with van der Waals surface area (Å²) in [5.41, 5.74) is -3.58. The van der Waals surface area contributed by atoms with E-state index in [0.29, 0.717) is 12.1 Å². The number of ether oxygens (including phenoxy) is 1. The van der Waals surface area contributed by atoms with Crippen LogP contribution in [0.4, 0.5) is 36.4 Å². The van der Waals surface area contributed by atoms with Crippen molar-refractivity contribution in [2.45, 2.75) is 13.0 Å². The lowest BCUT2D eigenvalue weighted by Crippen LogP contribution is -2.43. The number of carbonyl (C=O) groups is 1. The number of amides is 1. The predicted octanol–water partition coefficient (Wildman–Crippen LogP) is 4.28. The van der Waals surface area contributed by atoms with Gasteiger partial charge >= 0.3 is 12.0 Å². The summed E-state index contributed by atoms with van der Waals surface area (Å²) in [7, 11) is 0. The maximum absolute atomic E-state index is 14.1. The summed E-state index contributed by atoms with van der Waals surface area (Å²) in [5.74, 6) is -11.5. The molecule has 1 heterocycles. The Balaban J connectivity index is 2.25. The van der Waals surface area contributed by atoms with Crippen LogP contribution in [-0.2, 0) is 4.79 Å². The van der Waals surface area contributed by atoms with Gasteiger partial charge in [-0.3, -0.25) is 4.79 Å². The van der Waals surface area contributed by atoms with Crippen LogP contribution < -0.4 is 10.1 Å². The van der Waals surface area contributed by atoms with Gasteiger partial charge in [-0.15, -0.1) is 0 Å². The summed E-state index contributed by atoms with van der Waals surface area (Å²) in [6.07, 6.45) is -4.27. The third-order valence-electron chi connectivity index (χ3n) is 3.57. The summed E-state index contributed by atoms with van der Waals surface area (Å²) in [6.45, 7) is 0.804. The highest BCUT2D eigenvalue weighted by Crippen LogP contribution is 2.41. The molecule has 2 aromatic carbocycles. The first kappa shape index (κ1) is 17.1. The van der Waals surface area contributed by atoms with E-state index in [0.717, 1.165) is 6.92 Å². The lowest BCUT2D eigenvalue weighted by Gasteiger charge is -2.25. The van der Waals surface area contributed by atoms with Crippen LogP contribution in [0.5, 0.6) is 5.75 Å². The minimum absolute atomic E-state index is 0.341. The zero-order valence-corrected chi connectivity index (χ0v) is 12.1. The van der Waals surface area contributed by atoms with Crippen LogP contribution in [0.3, 0.4) is 0 Å². The Bertz CT molecular complexity index is 898. The molecule has 1 aliphatic heterocycles. The minimum atomic E-state index is -4.27. The number of anilines is 1. The van der Waals surface area contributed by atoms with Crippen LogP contribution in [-0.4, -0.2) is 12.0 Å². The van der Waals surface area contributed by atoms with E-state index in [4.69, 9.17) is 0 Å². The molecule has 2 aromatic rings. The van der Waals surface area contributed by atoms with Crippen LogP contribution in [0.15, 0.2) is 12.1 Å². The van der Waals surface area contributed by atoms with Crippen molar-refractivity contribution < 1.29 is 40.3 Å². The fourth-order valence-electron chi connectivity index (χ4n) is 2.30. The lowest BCUT2D eigenvalue weighted by molar-refractivity contribution is -0.189. The summed E-state index contributed by atoms with van der Waals surface area (Å²) < 4.78 is 99.4. The van der Waals surface area contributed by atoms with Gasteiger partial charge in [0.2, 0.25) is 0 Å². The first-order chi connectivity index (χ1) is 11.5. The molecule has 0 aliphatic carbocycles. The summed E-state index contributed by atoms with van der Waals surface area (Å²) in [6, 6.07) is 0.920. The van der Waals surface area contributed by atoms with Gasteiger partial charge in [-0.05, 0) is 13.0 Å². The molecule has 0 saturated carbocycles. The van der Waals surface area contributed by atoms with E-state index in [1.54, 1.807) is 5.32 Å². The Morgan fingerprint density at radius 3 is 2.24 bits per heavy atom. The normalized spacial score (nSPS) is 15.4. The smallest absolute Gasteiger partial charge is 0.423 e. The molecule has 0 fully saturated rings. The van der Waals surface area contributed by atoms with E-state index in [-0.39, 0.29) is 0 Å². The molecule has 0 atom stereocenters. The molecule has 132 valence electrons. The van der Waals surface area contributed by atoms with Crippen LogP contribution >= 0.6 is 0 Å². The molecule has 0 aromatic heterocycles. The van der Waals surface area contributed by atoms with Gasteiger partial charge in [-0.1, -0.05) is 0 Å². The van der Waals surface area contributed by atoms with Crippen molar-refractivity contribution in [2.24, 2.45) is 0 Å². The first-order valence-corrected chi connectivity index (χ1v) is 6.59. The molecule has 0 bridgehead atoms. The van der Waals surface area contributed by atoms with Crippen molar-refractivity contribution in [3.05, 3.63) is 46.8 Å². The number of fused-ring (bicyclic) bond motifs is 1. The standard InChI is InChI=1S/C15H6F7NO2/c1-4-10(17)9(12(19)13(20)11(4)18)5-2-7-8(3-6(5)16)25-15(21,22)14(24)23-7/h2-3H,1H3,(H,23,24). The summed E-state index contributed by atoms with van der Waals surface area (Å²) in [4.78, 5) is 11.2. The predicted molar refractivity (Wildman–Crippen MR) is 70.6 cm³/mol. The molecule has 0 radical (unpaired) electrons. The maximum atomic E-state index is 14.1. The lowest BCUT2D eigenvalue weighted by atomic mass is 9.99. The SMILES string of the molecule is Cc1c(F)c(F)c(F)c(-c2cc3c(cc2F)OC(F)(F)C(=O)N3)c1F. The highest BCUT2D eigenvalue weighted by atomic mass is 19.3. The van der Waals surface area contributed by atoms with Crippen molar-refractivity contribution in [1.29, 1.82) is 0 Å². The van der Waals surface area contributed by atoms with Crippen molar-refractivity contribution in [3.63, 3.8) is 0 Å². The van der Waals surface area contributed by atoms with E-state index in [1.165, 1.54) is 0 Å². The molecule has 1 N–H and O–H groups in total. The first-order valence-electron chi connectivity index (χ1n) is 6.59. The molecule has 1 amide bonds. The van der Waals surface area contributed by atoms with Gasteiger partial charge in [0, 0.05) is 17.2 Å². The van der Waals surface area contributed by atoms with Crippen molar-refractivity contribution in [3.8, 4) is 16.9 Å². The fraction of sp³-hybridized carbons (Fsp3) is 0.133. The van der Waals surface area contributed by atoms with Crippen molar-refractivity contribution >= 4 is 11.6 Å². The number of halogens is 7. The zero-order valence-electron chi connectivity index (χ0n) is 12.1. The Kier molecular flexibility index (Phi) is 3.66. The Hall–Kier alpha value is -2.78. The second kappa shape index (κ2) is 5.36. The number of rotatable bonds is 1. The van der Waals surface area contributed by atoms with Crippen molar-refractivity contribution in [2.75, 3.05) is 5.32 Å². The molecule has 1 aliphatic rings. The molecular formula is C15H6F7NO2. The molecule has 0 saturated heterocycles. The number of benzene rings is 2. The van der Waals surface area contributed by atoms with Gasteiger partial charge in [0.15, 0.2) is 23.2 Å². The highest BCUT2D eigenvalue weighted by Gasteiger charge is 2.46. The van der Waals surface area contributed by atoms with Crippen LogP contribution in [0, 0.1) is 36.0 Å². The number of nitrogens with one attached hydrogen (secondary N) is 1. The van der Waals surface area contributed by atoms with Gasteiger partial charge in [0.1, 0.15) is 11.6 Å². The highest BCUT2D eigenvalue weighted by molar-refractivity contribution is 5.99. The Morgan fingerprint density at radius 1 is 0.960 bits per heavy atom. The second-order valence-corrected chi connectivity index (χ2v) is 5.16. The quantitative estimate of drug-likeness (QED) is 0.465. The van der Waals surface area contributed by atoms with Crippen LogP contribution in [0.25, 0.3) is 11.1 Å². The topological polar surface area (TPSA) is 38.3 Å². The maximum Gasteiger partial charge on any atom is 0.482 e. The number of hydrogen-bond donors (Lipinski definition) is 1. The van der Waals surface area contributed by atoms with Gasteiger partial charge in [0.05, 0.1) is 11.3 Å². The van der Waals surface area contributed by atoms with E-state index in [2.05, 4.69) is 4.74 Å². The Morgan fingerprint density at radius 2 is 1.60 bits per heavy atom.